The number of nitrogens with zero attached hydrogens (tertiary/aromatic N) is 3. The molecule has 0 unspecified atom stereocenters. The van der Waals surface area contributed by atoms with E-state index < -0.39 is 47.0 Å². The molecule has 9 nitrogen and oxygen atoms in total. The Morgan fingerprint density at radius 3 is 2.48 bits per heavy atom. The zero-order valence-corrected chi connectivity index (χ0v) is 18.2. The average Bonchev–Trinajstić information content (AvgIpc) is 3.25. The fourth-order valence-electron chi connectivity index (χ4n) is 4.07. The minimum Gasteiger partial charge on any atom is -0.383 e. The first-order chi connectivity index (χ1) is 15.5. The minimum absolute atomic E-state index is 0.186. The normalized spacial score (nSPS) is 14.5. The number of hydrogen-bond acceptors (Lipinski definition) is 5. The molecule has 33 heavy (non-hydrogen) atoms. The maximum absolute atomic E-state index is 13.3. The summed E-state index contributed by atoms with van der Waals surface area (Å²) in [5, 5.41) is 0. The molecule has 3 rings (SSSR count). The predicted octanol–water partition coefficient (Wildman–Crippen LogP) is 2.08. The smallest absolute Gasteiger partial charge is 0.383 e. The van der Waals surface area contributed by atoms with Gasteiger partial charge in [-0.15, -0.1) is 0 Å². The third-order valence-electron chi connectivity index (χ3n) is 5.77. The van der Waals surface area contributed by atoms with Crippen molar-refractivity contribution in [3.8, 4) is 0 Å². The van der Waals surface area contributed by atoms with Crippen LogP contribution in [0, 0.1) is 0 Å². The van der Waals surface area contributed by atoms with Crippen LogP contribution in [-0.2, 0) is 24.1 Å². The van der Waals surface area contributed by atoms with Gasteiger partial charge in [0, 0.05) is 24.8 Å². The standard InChI is InChI=1S/C21H26F3N5O4/c1-2-3-10-28-18(25)17(19(32)26-20(28)33)29(14-6-4-5-7-14)16(31)12-27-11-13(21(22,23)24)8-9-15(27)30/h8-9,11,14H,2-7,10,12,25H2,1H3,(H,26,32,33). The van der Waals surface area contributed by atoms with E-state index in [0.29, 0.717) is 36.1 Å². The second-order valence-corrected chi connectivity index (χ2v) is 8.08. The highest BCUT2D eigenvalue weighted by atomic mass is 19.4. The zero-order chi connectivity index (χ0) is 24.3. The van der Waals surface area contributed by atoms with Gasteiger partial charge < -0.3 is 10.3 Å². The molecule has 2 aromatic heterocycles. The Morgan fingerprint density at radius 1 is 1.21 bits per heavy atom. The lowest BCUT2D eigenvalue weighted by molar-refractivity contribution is -0.138. The number of unbranched alkanes of at least 4 members (excludes halogenated alkanes) is 1. The van der Waals surface area contributed by atoms with Gasteiger partial charge in [-0.25, -0.2) is 4.79 Å². The van der Waals surface area contributed by atoms with Crippen molar-refractivity contribution in [3.63, 3.8) is 0 Å². The summed E-state index contributed by atoms with van der Waals surface area (Å²) in [7, 11) is 0. The second-order valence-electron chi connectivity index (χ2n) is 8.08. The van der Waals surface area contributed by atoms with E-state index >= 15 is 0 Å². The number of hydrogen-bond donors (Lipinski definition) is 2. The van der Waals surface area contributed by atoms with Crippen LogP contribution in [0.3, 0.4) is 0 Å². The first-order valence-corrected chi connectivity index (χ1v) is 10.8. The number of H-pyrrole nitrogens is 1. The third-order valence-corrected chi connectivity index (χ3v) is 5.77. The molecule has 0 radical (unpaired) electrons. The highest BCUT2D eigenvalue weighted by molar-refractivity contribution is 5.96. The van der Waals surface area contributed by atoms with E-state index in [1.165, 1.54) is 4.57 Å². The number of anilines is 2. The monoisotopic (exact) mass is 469 g/mol. The third kappa shape index (κ3) is 5.20. The summed E-state index contributed by atoms with van der Waals surface area (Å²) < 4.78 is 41.1. The molecule has 1 fully saturated rings. The number of aromatic amines is 1. The maximum atomic E-state index is 13.3. The summed E-state index contributed by atoms with van der Waals surface area (Å²) in [6.07, 6.45) is -0.0949. The SMILES string of the molecule is CCCCn1c(N)c(N(C(=O)Cn2cc(C(F)(F)F)ccc2=O)C2CCCC2)c(=O)[nH]c1=O. The summed E-state index contributed by atoms with van der Waals surface area (Å²) in [5.74, 6) is -0.949. The molecular weight excluding hydrogens is 443 g/mol. The fraction of sp³-hybridized carbons (Fsp3) is 0.524. The van der Waals surface area contributed by atoms with Crippen molar-refractivity contribution >= 4 is 17.4 Å². The summed E-state index contributed by atoms with van der Waals surface area (Å²) in [6.45, 7) is 1.42. The largest absolute Gasteiger partial charge is 0.417 e. The Morgan fingerprint density at radius 2 is 1.88 bits per heavy atom. The summed E-state index contributed by atoms with van der Waals surface area (Å²) in [4.78, 5) is 53.8. The number of nitrogens with two attached hydrogens (primary N) is 1. The molecule has 0 aromatic carbocycles. The molecule has 0 saturated heterocycles. The van der Waals surface area contributed by atoms with E-state index in [2.05, 4.69) is 4.98 Å². The van der Waals surface area contributed by atoms with Gasteiger partial charge in [-0.3, -0.25) is 28.8 Å². The van der Waals surface area contributed by atoms with Crippen LogP contribution in [-0.4, -0.2) is 26.1 Å². The van der Waals surface area contributed by atoms with Crippen LogP contribution in [0.4, 0.5) is 24.7 Å². The van der Waals surface area contributed by atoms with Crippen molar-refractivity contribution in [2.24, 2.45) is 0 Å². The Balaban J connectivity index is 2.07. The van der Waals surface area contributed by atoms with E-state index in [9.17, 15) is 32.3 Å². The number of carbonyl (C=O) groups is 1. The van der Waals surface area contributed by atoms with Gasteiger partial charge >= 0.3 is 11.9 Å². The molecule has 1 aliphatic carbocycles. The molecule has 0 spiro atoms. The van der Waals surface area contributed by atoms with Crippen molar-refractivity contribution in [1.82, 2.24) is 14.1 Å². The van der Waals surface area contributed by atoms with E-state index in [0.717, 1.165) is 30.2 Å². The van der Waals surface area contributed by atoms with Crippen molar-refractivity contribution in [2.45, 2.75) is 70.8 Å². The van der Waals surface area contributed by atoms with Crippen molar-refractivity contribution in [1.29, 1.82) is 0 Å². The highest BCUT2D eigenvalue weighted by Gasteiger charge is 2.34. The van der Waals surface area contributed by atoms with Gasteiger partial charge in [-0.2, -0.15) is 13.2 Å². The number of nitrogen functional groups attached to an aromatic ring is 1. The maximum Gasteiger partial charge on any atom is 0.417 e. The Labute approximate surface area is 186 Å². The van der Waals surface area contributed by atoms with Crippen molar-refractivity contribution in [3.05, 3.63) is 55.1 Å². The molecule has 2 aromatic rings. The molecule has 12 heteroatoms. The van der Waals surface area contributed by atoms with Gasteiger partial charge in [-0.05, 0) is 25.3 Å². The van der Waals surface area contributed by atoms with E-state index in [1.54, 1.807) is 0 Å². The Bertz CT molecular complexity index is 1190. The average molecular weight is 469 g/mol. The highest BCUT2D eigenvalue weighted by Crippen LogP contribution is 2.30. The van der Waals surface area contributed by atoms with Crippen LogP contribution >= 0.6 is 0 Å². The number of nitrogens with one attached hydrogen (secondary N) is 1. The van der Waals surface area contributed by atoms with E-state index in [1.807, 2.05) is 6.92 Å². The van der Waals surface area contributed by atoms with Gasteiger partial charge in [0.05, 0.1) is 5.56 Å². The lowest BCUT2D eigenvalue weighted by Crippen LogP contribution is -2.47. The minimum atomic E-state index is -4.69. The zero-order valence-electron chi connectivity index (χ0n) is 18.2. The number of alkyl halides is 3. The van der Waals surface area contributed by atoms with Crippen LogP contribution in [0.1, 0.15) is 51.0 Å². The van der Waals surface area contributed by atoms with Crippen LogP contribution in [0.15, 0.2) is 32.7 Å². The molecule has 0 bridgehead atoms. The van der Waals surface area contributed by atoms with Crippen molar-refractivity contribution < 1.29 is 18.0 Å². The molecule has 1 aliphatic rings. The Hall–Kier alpha value is -3.31. The molecule has 3 N–H and O–H groups in total. The summed E-state index contributed by atoms with van der Waals surface area (Å²) in [6, 6.07) is 0.950. The quantitative estimate of drug-likeness (QED) is 0.643. The van der Waals surface area contributed by atoms with E-state index in [4.69, 9.17) is 5.73 Å². The van der Waals surface area contributed by atoms with E-state index in [-0.39, 0.29) is 18.1 Å². The van der Waals surface area contributed by atoms with Crippen LogP contribution in [0.25, 0.3) is 0 Å². The number of carbonyl (C=O) groups excluding carboxylic acids is 1. The molecule has 180 valence electrons. The lowest BCUT2D eigenvalue weighted by Gasteiger charge is -2.30. The molecule has 2 heterocycles. The van der Waals surface area contributed by atoms with Gasteiger partial charge in [0.2, 0.25) is 5.91 Å². The second kappa shape index (κ2) is 9.67. The van der Waals surface area contributed by atoms with Crippen LogP contribution in [0.2, 0.25) is 0 Å². The van der Waals surface area contributed by atoms with Gasteiger partial charge in [-0.1, -0.05) is 26.2 Å². The molecule has 1 saturated carbocycles. The van der Waals surface area contributed by atoms with Gasteiger partial charge in [0.25, 0.3) is 11.1 Å². The number of amides is 1. The van der Waals surface area contributed by atoms with Gasteiger partial charge in [0.15, 0.2) is 5.69 Å². The lowest BCUT2D eigenvalue weighted by atomic mass is 10.1. The number of pyridine rings is 1. The number of rotatable bonds is 7. The molecular formula is C21H26F3N5O4. The van der Waals surface area contributed by atoms with Gasteiger partial charge in [0.1, 0.15) is 12.4 Å². The molecule has 1 amide bonds. The van der Waals surface area contributed by atoms with Crippen LogP contribution < -0.4 is 27.4 Å². The van der Waals surface area contributed by atoms with Crippen molar-refractivity contribution in [2.75, 3.05) is 10.6 Å². The number of aromatic nitrogens is 3. The fourth-order valence-corrected chi connectivity index (χ4v) is 4.07. The summed E-state index contributed by atoms with van der Waals surface area (Å²) in [5.41, 5.74) is 2.51. The molecule has 0 atom stereocenters. The molecule has 0 aliphatic heterocycles. The summed E-state index contributed by atoms with van der Waals surface area (Å²) >= 11 is 0. The Kier molecular flexibility index (Phi) is 7.13. The number of halogens is 3. The predicted molar refractivity (Wildman–Crippen MR) is 116 cm³/mol. The first-order valence-electron chi connectivity index (χ1n) is 10.8. The van der Waals surface area contributed by atoms with Crippen LogP contribution in [0.5, 0.6) is 0 Å². The topological polar surface area (TPSA) is 123 Å². The first kappa shape index (κ1) is 24.3.